The number of fused-ring (bicyclic) bond motifs is 1. The summed E-state index contributed by atoms with van der Waals surface area (Å²) in [5.74, 6) is 0.00467. The van der Waals surface area contributed by atoms with E-state index in [1.54, 1.807) is 0 Å². The predicted molar refractivity (Wildman–Crippen MR) is 104 cm³/mol. The largest absolute Gasteiger partial charge is 0.492 e. The third kappa shape index (κ3) is 5.98. The number of alkyl halides is 5. The van der Waals surface area contributed by atoms with Gasteiger partial charge in [-0.05, 0) is 40.0 Å². The Morgan fingerprint density at radius 2 is 1.86 bits per heavy atom. The van der Waals surface area contributed by atoms with Crippen LogP contribution in [0.3, 0.4) is 0 Å². The average Bonchev–Trinajstić information content (AvgIpc) is 2.87. The molecule has 29 heavy (non-hydrogen) atoms. The molecule has 0 spiro atoms. The Hall–Kier alpha value is -0.590. The van der Waals surface area contributed by atoms with Gasteiger partial charge in [0, 0.05) is 39.1 Å². The van der Waals surface area contributed by atoms with Gasteiger partial charge in [-0.15, -0.1) is 11.3 Å². The van der Waals surface area contributed by atoms with Crippen molar-refractivity contribution in [2.45, 2.75) is 30.4 Å². The number of rotatable bonds is 8. The van der Waals surface area contributed by atoms with Gasteiger partial charge < -0.3 is 14.5 Å². The summed E-state index contributed by atoms with van der Waals surface area (Å²) in [5.41, 5.74) is -4.06. The van der Waals surface area contributed by atoms with Gasteiger partial charge >= 0.3 is 19.4 Å². The maximum absolute atomic E-state index is 14.2. The molecule has 0 saturated carbocycles. The van der Waals surface area contributed by atoms with Gasteiger partial charge in [0.25, 0.3) is 0 Å². The topological polar surface area (TPSA) is 83.8 Å². The Balaban J connectivity index is 2.52. The fourth-order valence-corrected chi connectivity index (χ4v) is 6.01. The summed E-state index contributed by atoms with van der Waals surface area (Å²) in [6.07, 6.45) is -4.42. The first-order valence-corrected chi connectivity index (χ1v) is 12.8. The summed E-state index contributed by atoms with van der Waals surface area (Å²) in [4.78, 5) is 17.1. The fraction of sp³-hybridized carbons (Fsp3) is 0.467. The lowest BCUT2D eigenvalue weighted by Crippen LogP contribution is -2.12. The third-order valence-electron chi connectivity index (χ3n) is 3.63. The quantitative estimate of drug-likeness (QED) is 0.261. The lowest BCUT2D eigenvalue weighted by atomic mass is 10.1. The first-order valence-electron chi connectivity index (χ1n) is 7.82. The molecule has 0 saturated heterocycles. The van der Waals surface area contributed by atoms with Crippen LogP contribution in [0.15, 0.2) is 16.6 Å². The molecular formula is C15H15BrF5O5PS2. The summed E-state index contributed by atoms with van der Waals surface area (Å²) in [6.45, 7) is -0.354. The third-order valence-corrected chi connectivity index (χ3v) is 7.85. The molecule has 1 aromatic carbocycles. The van der Waals surface area contributed by atoms with Crippen LogP contribution in [0.2, 0.25) is 0 Å². The van der Waals surface area contributed by atoms with Gasteiger partial charge in [0.15, 0.2) is 0 Å². The van der Waals surface area contributed by atoms with Gasteiger partial charge in [-0.25, -0.2) is 0 Å². The maximum atomic E-state index is 14.2. The second-order valence-corrected chi connectivity index (χ2v) is 11.0. The van der Waals surface area contributed by atoms with Crippen molar-refractivity contribution in [3.8, 4) is 5.75 Å². The van der Waals surface area contributed by atoms with Gasteiger partial charge in [0.05, 0.1) is 11.3 Å². The second-order valence-electron chi connectivity index (χ2n) is 6.09. The standard InChI is InChI=1S/C15H15BrF5O5PS2/c1-29(25)7-8-5-9-11(16)13(15(20,21)27(22,23)24)28-12(9)10(6-8)26-4-2-3-14(17,18)19/h5-6H,2-4,7H2,1H3,(H2,22,23,24). The monoisotopic (exact) mass is 544 g/mol. The number of hydrogen-bond donors (Lipinski definition) is 2. The molecule has 1 atom stereocenters. The van der Waals surface area contributed by atoms with Gasteiger partial charge in [-0.2, -0.15) is 22.0 Å². The van der Waals surface area contributed by atoms with Gasteiger partial charge in [0.2, 0.25) is 0 Å². The highest BCUT2D eigenvalue weighted by Gasteiger charge is 2.53. The van der Waals surface area contributed by atoms with Crippen LogP contribution < -0.4 is 4.74 Å². The van der Waals surface area contributed by atoms with Crippen molar-refractivity contribution in [2.75, 3.05) is 12.9 Å². The summed E-state index contributed by atoms with van der Waals surface area (Å²) in [6, 6.07) is 2.79. The molecule has 0 aliphatic carbocycles. The number of benzene rings is 1. The molecule has 0 aliphatic rings. The van der Waals surface area contributed by atoms with E-state index in [0.29, 0.717) is 16.9 Å². The summed E-state index contributed by atoms with van der Waals surface area (Å²) in [5, 5.41) is 0.131. The molecule has 0 aliphatic heterocycles. The molecule has 0 radical (unpaired) electrons. The first-order chi connectivity index (χ1) is 13.1. The SMILES string of the molecule is CS(=O)Cc1cc(OCCCC(F)(F)F)c2sc(C(F)(F)P(=O)(O)O)c(Br)c2c1. The van der Waals surface area contributed by atoms with E-state index in [9.17, 15) is 30.7 Å². The van der Waals surface area contributed by atoms with E-state index in [1.807, 2.05) is 0 Å². The fourth-order valence-electron chi connectivity index (χ4n) is 2.40. The Morgan fingerprint density at radius 3 is 2.38 bits per heavy atom. The van der Waals surface area contributed by atoms with Crippen LogP contribution in [0, 0.1) is 0 Å². The van der Waals surface area contributed by atoms with Crippen LogP contribution in [0.5, 0.6) is 5.75 Å². The number of thiophene rings is 1. The average molecular weight is 545 g/mol. The molecule has 14 heteroatoms. The smallest absolute Gasteiger partial charge is 0.400 e. The molecule has 1 unspecified atom stereocenters. The van der Waals surface area contributed by atoms with E-state index < -0.39 is 41.5 Å². The lowest BCUT2D eigenvalue weighted by Gasteiger charge is -2.16. The molecule has 5 nitrogen and oxygen atoms in total. The van der Waals surface area contributed by atoms with E-state index in [0.717, 1.165) is 0 Å². The first kappa shape index (κ1) is 24.7. The van der Waals surface area contributed by atoms with Crippen LogP contribution in [0.25, 0.3) is 10.1 Å². The number of halogens is 6. The van der Waals surface area contributed by atoms with Crippen molar-refractivity contribution in [1.82, 2.24) is 0 Å². The van der Waals surface area contributed by atoms with Crippen LogP contribution in [0.1, 0.15) is 23.3 Å². The highest BCUT2D eigenvalue weighted by molar-refractivity contribution is 9.10. The molecule has 0 fully saturated rings. The van der Waals surface area contributed by atoms with Crippen molar-refractivity contribution in [2.24, 2.45) is 0 Å². The second kappa shape index (κ2) is 8.88. The Kier molecular flexibility index (Phi) is 7.55. The van der Waals surface area contributed by atoms with Crippen LogP contribution in [0.4, 0.5) is 22.0 Å². The Labute approximate surface area is 177 Å². The zero-order valence-electron chi connectivity index (χ0n) is 14.6. The van der Waals surface area contributed by atoms with Gasteiger partial charge in [0.1, 0.15) is 10.6 Å². The zero-order chi connectivity index (χ0) is 22.2. The molecule has 164 valence electrons. The van der Waals surface area contributed by atoms with Crippen LogP contribution in [-0.4, -0.2) is 33.0 Å². The van der Waals surface area contributed by atoms with Crippen molar-refractivity contribution < 1.29 is 45.2 Å². The van der Waals surface area contributed by atoms with Crippen molar-refractivity contribution >= 4 is 55.7 Å². The molecule has 2 N–H and O–H groups in total. The molecule has 0 bridgehead atoms. The van der Waals surface area contributed by atoms with E-state index in [-0.39, 0.29) is 39.1 Å². The summed E-state index contributed by atoms with van der Waals surface area (Å²) < 4.78 is 93.3. The normalized spacial score (nSPS) is 14.4. The highest BCUT2D eigenvalue weighted by Crippen LogP contribution is 2.63. The number of hydrogen-bond acceptors (Lipinski definition) is 4. The van der Waals surface area contributed by atoms with Gasteiger partial charge in [-0.1, -0.05) is 0 Å². The maximum Gasteiger partial charge on any atom is 0.400 e. The lowest BCUT2D eigenvalue weighted by molar-refractivity contribution is -0.136. The van der Waals surface area contributed by atoms with Crippen LogP contribution >= 0.6 is 34.9 Å². The Morgan fingerprint density at radius 1 is 1.24 bits per heavy atom. The molecule has 2 rings (SSSR count). The molecule has 1 aromatic heterocycles. The summed E-state index contributed by atoms with van der Waals surface area (Å²) >= 11 is 3.29. The van der Waals surface area contributed by atoms with Gasteiger partial charge in [-0.3, -0.25) is 8.77 Å². The minimum Gasteiger partial charge on any atom is -0.492 e. The highest BCUT2D eigenvalue weighted by atomic mass is 79.9. The molecule has 0 amide bonds. The molecule has 2 aromatic rings. The molecule has 1 heterocycles. The Bertz CT molecular complexity index is 972. The van der Waals surface area contributed by atoms with Crippen molar-refractivity contribution in [3.05, 3.63) is 27.0 Å². The minimum absolute atomic E-state index is 0.0245. The van der Waals surface area contributed by atoms with E-state index in [1.165, 1.54) is 18.4 Å². The number of ether oxygens (including phenoxy) is 1. The van der Waals surface area contributed by atoms with Crippen molar-refractivity contribution in [1.29, 1.82) is 0 Å². The van der Waals surface area contributed by atoms with E-state index in [4.69, 9.17) is 14.5 Å². The zero-order valence-corrected chi connectivity index (χ0v) is 18.7. The van der Waals surface area contributed by atoms with E-state index in [2.05, 4.69) is 15.9 Å². The van der Waals surface area contributed by atoms with Crippen molar-refractivity contribution in [3.63, 3.8) is 0 Å². The minimum atomic E-state index is -5.83. The summed E-state index contributed by atoms with van der Waals surface area (Å²) in [7, 11) is -7.14. The van der Waals surface area contributed by atoms with E-state index >= 15 is 0 Å². The molecular weight excluding hydrogens is 530 g/mol. The van der Waals surface area contributed by atoms with Crippen LogP contribution in [-0.2, 0) is 26.8 Å². The predicted octanol–water partition coefficient (Wildman–Crippen LogP) is 5.49.